The van der Waals surface area contributed by atoms with Crippen LogP contribution in [0.1, 0.15) is 78.1 Å². The highest BCUT2D eigenvalue weighted by Crippen LogP contribution is 2.15. The molecule has 51 heavy (non-hydrogen) atoms. The number of carbonyl (C=O) groups is 2. The fraction of sp³-hybridized carbons (Fsp3) is 0.789. The van der Waals surface area contributed by atoms with Gasteiger partial charge in [-0.3, -0.25) is 9.59 Å². The van der Waals surface area contributed by atoms with Crippen LogP contribution >= 0.6 is 0 Å². The topological polar surface area (TPSA) is 138 Å². The maximum atomic E-state index is 11.8. The summed E-state index contributed by atoms with van der Waals surface area (Å²) < 4.78 is 54.7. The van der Waals surface area contributed by atoms with E-state index in [2.05, 4.69) is 12.2 Å². The number of anilines is 1. The zero-order valence-electron chi connectivity index (χ0n) is 31.5. The van der Waals surface area contributed by atoms with Crippen LogP contribution in [0.3, 0.4) is 0 Å². The van der Waals surface area contributed by atoms with E-state index in [4.69, 9.17) is 47.4 Å². The fourth-order valence-corrected chi connectivity index (χ4v) is 4.56. The minimum absolute atomic E-state index is 0.109. The molecule has 0 aliphatic carbocycles. The van der Waals surface area contributed by atoms with Crippen molar-refractivity contribution in [3.05, 3.63) is 24.3 Å². The first-order chi connectivity index (χ1) is 25.1. The SMILES string of the molecule is CCCCCCCCCCCC(=O)OCCOCCOCCOCCOCCOCCOCCOCCOCCOc1ccc(NC(C)=O)cc1. The molecule has 13 heteroatoms. The average Bonchev–Trinajstić information content (AvgIpc) is 3.12. The van der Waals surface area contributed by atoms with Crippen LogP contribution in [0.5, 0.6) is 5.75 Å². The van der Waals surface area contributed by atoms with Crippen molar-refractivity contribution >= 4 is 17.6 Å². The molecule has 296 valence electrons. The molecule has 0 atom stereocenters. The summed E-state index contributed by atoms with van der Waals surface area (Å²) in [6.07, 6.45) is 11.6. The molecule has 0 bridgehead atoms. The number of nitrogens with one attached hydrogen (secondary N) is 1. The molecule has 1 rings (SSSR count). The Balaban J connectivity index is 1.68. The van der Waals surface area contributed by atoms with Crippen molar-refractivity contribution in [3.63, 3.8) is 0 Å². The molecule has 0 aliphatic heterocycles. The zero-order valence-corrected chi connectivity index (χ0v) is 31.5. The molecule has 0 fully saturated rings. The first-order valence-electron chi connectivity index (χ1n) is 18.9. The lowest BCUT2D eigenvalue weighted by atomic mass is 10.1. The maximum absolute atomic E-state index is 11.8. The maximum Gasteiger partial charge on any atom is 0.305 e. The van der Waals surface area contributed by atoms with E-state index in [1.54, 1.807) is 24.3 Å². The lowest BCUT2D eigenvalue weighted by Gasteiger charge is -2.09. The summed E-state index contributed by atoms with van der Waals surface area (Å²) in [6, 6.07) is 7.18. The summed E-state index contributed by atoms with van der Waals surface area (Å²) in [5.41, 5.74) is 0.731. The summed E-state index contributed by atoms with van der Waals surface area (Å²) in [5.74, 6) is 0.467. The van der Waals surface area contributed by atoms with Gasteiger partial charge in [-0.1, -0.05) is 58.3 Å². The first-order valence-corrected chi connectivity index (χ1v) is 18.9. The number of hydrogen-bond donors (Lipinski definition) is 1. The Kier molecular flexibility index (Phi) is 34.2. The van der Waals surface area contributed by atoms with Crippen LogP contribution in [0, 0.1) is 0 Å². The Morgan fingerprint density at radius 3 is 1.22 bits per heavy atom. The van der Waals surface area contributed by atoms with Gasteiger partial charge in [0.05, 0.1) is 106 Å². The molecular formula is C38H67NO12. The van der Waals surface area contributed by atoms with Gasteiger partial charge in [0, 0.05) is 19.0 Å². The number of benzene rings is 1. The van der Waals surface area contributed by atoms with Crippen molar-refractivity contribution in [2.24, 2.45) is 0 Å². The van der Waals surface area contributed by atoms with Crippen molar-refractivity contribution in [2.75, 3.05) is 124 Å². The van der Waals surface area contributed by atoms with Gasteiger partial charge in [-0.2, -0.15) is 0 Å². The lowest BCUT2D eigenvalue weighted by Crippen LogP contribution is -2.15. The van der Waals surface area contributed by atoms with Gasteiger partial charge < -0.3 is 52.7 Å². The highest BCUT2D eigenvalue weighted by atomic mass is 16.6. The van der Waals surface area contributed by atoms with E-state index in [1.807, 2.05) is 0 Å². The monoisotopic (exact) mass is 729 g/mol. The number of hydrogen-bond acceptors (Lipinski definition) is 12. The molecule has 0 saturated carbocycles. The van der Waals surface area contributed by atoms with Crippen LogP contribution in [0.25, 0.3) is 0 Å². The number of esters is 1. The third-order valence-corrected chi connectivity index (χ3v) is 7.25. The summed E-state index contributed by atoms with van der Waals surface area (Å²) in [7, 11) is 0. The predicted octanol–water partition coefficient (Wildman–Crippen LogP) is 5.62. The normalized spacial score (nSPS) is 11.2. The molecule has 1 aromatic carbocycles. The van der Waals surface area contributed by atoms with Crippen LogP contribution in [-0.4, -0.2) is 131 Å². The molecule has 13 nitrogen and oxygen atoms in total. The third kappa shape index (κ3) is 34.5. The van der Waals surface area contributed by atoms with E-state index in [9.17, 15) is 9.59 Å². The number of rotatable bonds is 39. The Bertz CT molecular complexity index is 905. The molecule has 1 N–H and O–H groups in total. The van der Waals surface area contributed by atoms with Crippen molar-refractivity contribution < 1.29 is 57.0 Å². The van der Waals surface area contributed by atoms with Gasteiger partial charge in [-0.15, -0.1) is 0 Å². The lowest BCUT2D eigenvalue weighted by molar-refractivity contribution is -0.145. The van der Waals surface area contributed by atoms with Gasteiger partial charge in [0.2, 0.25) is 5.91 Å². The predicted molar refractivity (Wildman–Crippen MR) is 196 cm³/mol. The Hall–Kier alpha value is -2.36. The van der Waals surface area contributed by atoms with Gasteiger partial charge in [-0.05, 0) is 30.7 Å². The fourth-order valence-electron chi connectivity index (χ4n) is 4.56. The highest BCUT2D eigenvalue weighted by molar-refractivity contribution is 5.88. The second-order valence-electron chi connectivity index (χ2n) is 11.8. The molecule has 0 aromatic heterocycles. The minimum Gasteiger partial charge on any atom is -0.491 e. The van der Waals surface area contributed by atoms with Crippen molar-refractivity contribution in [1.82, 2.24) is 0 Å². The van der Waals surface area contributed by atoms with Crippen LogP contribution < -0.4 is 10.1 Å². The smallest absolute Gasteiger partial charge is 0.305 e. The molecule has 0 radical (unpaired) electrons. The summed E-state index contributed by atoms with van der Waals surface area (Å²) in [5, 5.41) is 2.71. The quantitative estimate of drug-likeness (QED) is 0.0665. The largest absolute Gasteiger partial charge is 0.491 e. The highest BCUT2D eigenvalue weighted by Gasteiger charge is 2.03. The van der Waals surface area contributed by atoms with E-state index >= 15 is 0 Å². The summed E-state index contributed by atoms with van der Waals surface area (Å²) in [4.78, 5) is 22.8. The minimum atomic E-state index is -0.140. The molecule has 1 amide bonds. The molecule has 0 unspecified atom stereocenters. The second kappa shape index (κ2) is 37.4. The Morgan fingerprint density at radius 2 is 0.824 bits per heavy atom. The summed E-state index contributed by atoms with van der Waals surface area (Å²) >= 11 is 0. The Morgan fingerprint density at radius 1 is 0.471 bits per heavy atom. The third-order valence-electron chi connectivity index (χ3n) is 7.25. The Labute approximate surface area is 306 Å². The van der Waals surface area contributed by atoms with E-state index in [0.29, 0.717) is 124 Å². The number of amides is 1. The molecule has 0 saturated heterocycles. The van der Waals surface area contributed by atoms with Crippen molar-refractivity contribution in [1.29, 1.82) is 0 Å². The average molecular weight is 730 g/mol. The number of carbonyl (C=O) groups excluding carboxylic acids is 2. The zero-order chi connectivity index (χ0) is 36.7. The van der Waals surface area contributed by atoms with Gasteiger partial charge in [-0.25, -0.2) is 0 Å². The standard InChI is InChI=1S/C38H67NO12/c1-3-4-5-6-7-8-9-10-11-12-38(41)51-34-32-49-30-28-47-26-24-45-22-20-43-18-17-42-19-21-44-23-25-46-27-29-48-31-33-50-37-15-13-36(14-16-37)39-35(2)40/h13-16H,3-12,17-34H2,1-2H3,(H,39,40). The van der Waals surface area contributed by atoms with Crippen LogP contribution in [0.2, 0.25) is 0 Å². The van der Waals surface area contributed by atoms with E-state index < -0.39 is 0 Å². The summed E-state index contributed by atoms with van der Waals surface area (Å²) in [6.45, 7) is 12.0. The van der Waals surface area contributed by atoms with Crippen molar-refractivity contribution in [2.45, 2.75) is 78.1 Å². The molecular weight excluding hydrogens is 662 g/mol. The van der Waals surface area contributed by atoms with Crippen molar-refractivity contribution in [3.8, 4) is 5.75 Å². The van der Waals surface area contributed by atoms with Crippen LogP contribution in [-0.2, 0) is 52.2 Å². The van der Waals surface area contributed by atoms with E-state index in [-0.39, 0.29) is 18.5 Å². The number of unbranched alkanes of at least 4 members (excludes halogenated alkanes) is 8. The number of ether oxygens (including phenoxy) is 10. The van der Waals surface area contributed by atoms with Gasteiger partial charge in [0.25, 0.3) is 0 Å². The molecule has 0 spiro atoms. The first kappa shape index (κ1) is 46.7. The molecule has 0 aliphatic rings. The second-order valence-corrected chi connectivity index (χ2v) is 11.8. The van der Waals surface area contributed by atoms with Gasteiger partial charge >= 0.3 is 5.97 Å². The van der Waals surface area contributed by atoms with Crippen LogP contribution in [0.15, 0.2) is 24.3 Å². The molecule has 1 aromatic rings. The van der Waals surface area contributed by atoms with Gasteiger partial charge in [0.15, 0.2) is 0 Å². The molecule has 0 heterocycles. The van der Waals surface area contributed by atoms with Gasteiger partial charge in [0.1, 0.15) is 19.0 Å². The van der Waals surface area contributed by atoms with E-state index in [0.717, 1.165) is 18.5 Å². The van der Waals surface area contributed by atoms with E-state index in [1.165, 1.54) is 51.9 Å². The van der Waals surface area contributed by atoms with Crippen LogP contribution in [0.4, 0.5) is 5.69 Å².